The molecule has 3 aromatic carbocycles. The van der Waals surface area contributed by atoms with Gasteiger partial charge in [0, 0.05) is 24.2 Å². The van der Waals surface area contributed by atoms with Crippen LogP contribution in [-0.4, -0.2) is 31.4 Å². The Labute approximate surface area is 203 Å². The van der Waals surface area contributed by atoms with E-state index in [2.05, 4.69) is 25.3 Å². The Hall–Kier alpha value is -4.44. The highest BCUT2D eigenvalue weighted by Crippen LogP contribution is 2.29. The molecule has 0 saturated carbocycles. The second kappa shape index (κ2) is 10.2. The van der Waals surface area contributed by atoms with Crippen LogP contribution in [0.3, 0.4) is 0 Å². The summed E-state index contributed by atoms with van der Waals surface area (Å²) in [5.41, 5.74) is 2.80. The minimum absolute atomic E-state index is 0.0682. The third kappa shape index (κ3) is 5.74. The molecule has 0 spiro atoms. The van der Waals surface area contributed by atoms with Crippen LogP contribution < -0.4 is 20.1 Å². The normalized spacial score (nSPS) is 10.9. The Morgan fingerprint density at radius 3 is 2.40 bits per heavy atom. The number of carbonyl (C=O) groups excluding carboxylic acids is 1. The summed E-state index contributed by atoms with van der Waals surface area (Å²) in [5, 5.41) is 5.91. The van der Waals surface area contributed by atoms with E-state index in [1.54, 1.807) is 48.5 Å². The number of anilines is 4. The molecule has 0 aliphatic rings. The molecule has 1 heterocycles. The topological polar surface area (TPSA) is 122 Å². The van der Waals surface area contributed by atoms with Gasteiger partial charge in [-0.15, -0.1) is 0 Å². The van der Waals surface area contributed by atoms with Crippen molar-refractivity contribution in [3.8, 4) is 17.0 Å². The monoisotopic (exact) mass is 489 g/mol. The summed E-state index contributed by atoms with van der Waals surface area (Å²) in [5.74, 6) is 0.683. The van der Waals surface area contributed by atoms with Crippen LogP contribution in [0.4, 0.5) is 22.9 Å². The highest BCUT2D eigenvalue weighted by molar-refractivity contribution is 7.92. The van der Waals surface area contributed by atoms with Crippen LogP contribution in [0.15, 0.2) is 90.1 Å². The number of nitrogens with zero attached hydrogens (tertiary/aromatic N) is 2. The molecule has 0 aliphatic carbocycles. The third-order valence-electron chi connectivity index (χ3n) is 4.95. The number of aromatic nitrogens is 2. The first-order chi connectivity index (χ1) is 16.9. The lowest BCUT2D eigenvalue weighted by Crippen LogP contribution is -2.13. The van der Waals surface area contributed by atoms with Gasteiger partial charge in [0.05, 0.1) is 29.1 Å². The number of hydrogen-bond acceptors (Lipinski definition) is 7. The fraction of sp³-hybridized carbons (Fsp3) is 0.0800. The van der Waals surface area contributed by atoms with Crippen molar-refractivity contribution in [1.82, 2.24) is 9.97 Å². The van der Waals surface area contributed by atoms with Crippen LogP contribution in [-0.2, 0) is 14.8 Å². The molecule has 1 amide bonds. The lowest BCUT2D eigenvalue weighted by Gasteiger charge is -2.13. The Morgan fingerprint density at radius 2 is 1.63 bits per heavy atom. The quantitative estimate of drug-likeness (QED) is 0.329. The van der Waals surface area contributed by atoms with Gasteiger partial charge in [-0.1, -0.05) is 36.4 Å². The summed E-state index contributed by atoms with van der Waals surface area (Å²) < 4.78 is 33.8. The number of carbonyl (C=O) groups is 1. The molecule has 4 rings (SSSR count). The predicted molar refractivity (Wildman–Crippen MR) is 135 cm³/mol. The lowest BCUT2D eigenvalue weighted by atomic mass is 10.1. The summed E-state index contributed by atoms with van der Waals surface area (Å²) >= 11 is 0. The zero-order chi connectivity index (χ0) is 24.8. The van der Waals surface area contributed by atoms with Gasteiger partial charge >= 0.3 is 0 Å². The van der Waals surface area contributed by atoms with E-state index in [0.717, 1.165) is 5.56 Å². The molecule has 0 aliphatic heterocycles. The largest absolute Gasteiger partial charge is 0.495 e. The molecular weight excluding hydrogens is 466 g/mol. The van der Waals surface area contributed by atoms with E-state index in [1.807, 2.05) is 18.2 Å². The van der Waals surface area contributed by atoms with Crippen LogP contribution in [0, 0.1) is 0 Å². The first-order valence-electron chi connectivity index (χ1n) is 10.6. The predicted octanol–water partition coefficient (Wildman–Crippen LogP) is 4.66. The number of rotatable bonds is 8. The van der Waals surface area contributed by atoms with Crippen LogP contribution in [0.2, 0.25) is 0 Å². The van der Waals surface area contributed by atoms with Gasteiger partial charge in [-0.3, -0.25) is 9.52 Å². The van der Waals surface area contributed by atoms with Crippen LogP contribution in [0.1, 0.15) is 6.92 Å². The van der Waals surface area contributed by atoms with Crippen molar-refractivity contribution in [2.75, 3.05) is 22.5 Å². The molecule has 35 heavy (non-hydrogen) atoms. The number of amides is 1. The van der Waals surface area contributed by atoms with Gasteiger partial charge in [0.15, 0.2) is 0 Å². The minimum Gasteiger partial charge on any atom is -0.495 e. The van der Waals surface area contributed by atoms with Gasteiger partial charge in [-0.25, -0.2) is 18.4 Å². The van der Waals surface area contributed by atoms with E-state index in [4.69, 9.17) is 4.74 Å². The first kappa shape index (κ1) is 23.7. The zero-order valence-electron chi connectivity index (χ0n) is 19.0. The molecule has 9 nitrogen and oxygen atoms in total. The smallest absolute Gasteiger partial charge is 0.262 e. The molecule has 0 radical (unpaired) electrons. The molecule has 0 unspecified atom stereocenters. The maximum Gasteiger partial charge on any atom is 0.262 e. The van der Waals surface area contributed by atoms with Crippen LogP contribution in [0.25, 0.3) is 11.3 Å². The van der Waals surface area contributed by atoms with E-state index in [-0.39, 0.29) is 10.8 Å². The summed E-state index contributed by atoms with van der Waals surface area (Å²) in [7, 11) is -2.40. The van der Waals surface area contributed by atoms with Crippen molar-refractivity contribution in [3.63, 3.8) is 0 Å². The standard InChI is InChI=1S/C25H23N5O4S/c1-17(31)28-21-11-4-3-10-20(21)23-15-25(27-16-26-23)29-18-8-7-9-19(14-18)35(32,33)30-22-12-5-6-13-24(22)34-2/h3-16,30H,1-2H3,(H,28,31)(H,26,27,29). The second-order valence-electron chi connectivity index (χ2n) is 7.47. The first-order valence-corrected chi connectivity index (χ1v) is 12.1. The molecule has 3 N–H and O–H groups in total. The van der Waals surface area contributed by atoms with Gasteiger partial charge in [-0.05, 0) is 36.4 Å². The number of para-hydroxylation sites is 3. The van der Waals surface area contributed by atoms with E-state index in [0.29, 0.717) is 34.3 Å². The second-order valence-corrected chi connectivity index (χ2v) is 9.16. The SMILES string of the molecule is COc1ccccc1NS(=O)(=O)c1cccc(Nc2cc(-c3ccccc3NC(C)=O)ncn2)c1. The van der Waals surface area contributed by atoms with Crippen molar-refractivity contribution in [2.45, 2.75) is 11.8 Å². The average Bonchev–Trinajstić information content (AvgIpc) is 2.84. The fourth-order valence-electron chi connectivity index (χ4n) is 3.40. The van der Waals surface area contributed by atoms with Gasteiger partial charge in [0.2, 0.25) is 5.91 Å². The lowest BCUT2D eigenvalue weighted by molar-refractivity contribution is -0.114. The number of ether oxygens (including phenoxy) is 1. The van der Waals surface area contributed by atoms with Gasteiger partial charge in [-0.2, -0.15) is 0 Å². The summed E-state index contributed by atoms with van der Waals surface area (Å²) in [6, 6.07) is 22.1. The maximum absolute atomic E-state index is 13.0. The molecule has 0 atom stereocenters. The van der Waals surface area contributed by atoms with Crippen molar-refractivity contribution in [3.05, 3.63) is 85.2 Å². The number of methoxy groups -OCH3 is 1. The molecule has 0 fully saturated rings. The van der Waals surface area contributed by atoms with Crippen molar-refractivity contribution in [1.29, 1.82) is 0 Å². The summed E-state index contributed by atoms with van der Waals surface area (Å²) in [6.45, 7) is 1.44. The Bertz CT molecular complexity index is 1470. The molecular formula is C25H23N5O4S. The Morgan fingerprint density at radius 1 is 0.886 bits per heavy atom. The number of nitrogens with one attached hydrogen (secondary N) is 3. The van der Waals surface area contributed by atoms with Crippen molar-refractivity contribution < 1.29 is 17.9 Å². The Balaban J connectivity index is 1.59. The number of sulfonamides is 1. The maximum atomic E-state index is 13.0. The van der Waals surface area contributed by atoms with Gasteiger partial charge in [0.1, 0.15) is 17.9 Å². The highest BCUT2D eigenvalue weighted by atomic mass is 32.2. The zero-order valence-corrected chi connectivity index (χ0v) is 19.8. The number of benzene rings is 3. The summed E-state index contributed by atoms with van der Waals surface area (Å²) in [4.78, 5) is 20.2. The third-order valence-corrected chi connectivity index (χ3v) is 6.31. The van der Waals surface area contributed by atoms with E-state index >= 15 is 0 Å². The highest BCUT2D eigenvalue weighted by Gasteiger charge is 2.17. The molecule has 4 aromatic rings. The van der Waals surface area contributed by atoms with E-state index < -0.39 is 10.0 Å². The minimum atomic E-state index is -3.87. The van der Waals surface area contributed by atoms with Gasteiger partial charge in [0.25, 0.3) is 10.0 Å². The summed E-state index contributed by atoms with van der Waals surface area (Å²) in [6.07, 6.45) is 1.39. The Kier molecular flexibility index (Phi) is 6.93. The molecule has 0 bridgehead atoms. The molecule has 0 saturated heterocycles. The number of hydrogen-bond donors (Lipinski definition) is 3. The van der Waals surface area contributed by atoms with Crippen LogP contribution in [0.5, 0.6) is 5.75 Å². The fourth-order valence-corrected chi connectivity index (χ4v) is 4.52. The molecule has 10 heteroatoms. The molecule has 178 valence electrons. The van der Waals surface area contributed by atoms with Crippen LogP contribution >= 0.6 is 0 Å². The van der Waals surface area contributed by atoms with Crippen molar-refractivity contribution >= 4 is 38.8 Å². The van der Waals surface area contributed by atoms with Crippen molar-refractivity contribution in [2.24, 2.45) is 0 Å². The van der Waals surface area contributed by atoms with E-state index in [9.17, 15) is 13.2 Å². The van der Waals surface area contributed by atoms with Gasteiger partial charge < -0.3 is 15.4 Å². The van der Waals surface area contributed by atoms with E-state index in [1.165, 1.54) is 32.5 Å². The molecule has 1 aromatic heterocycles. The average molecular weight is 490 g/mol.